The number of carbonyl (C=O) groups is 6. The lowest BCUT2D eigenvalue weighted by Crippen LogP contribution is -2.54. The van der Waals surface area contributed by atoms with Gasteiger partial charge in [0.2, 0.25) is 23.6 Å². The number of nitrogens with one attached hydrogen (secondary N) is 4. The summed E-state index contributed by atoms with van der Waals surface area (Å²) in [6, 6.07) is 15.5. The maximum atomic E-state index is 13.3. The third-order valence-electron chi connectivity index (χ3n) is 10.8. The van der Waals surface area contributed by atoms with Crippen molar-refractivity contribution < 1.29 is 33.2 Å². The Hall–Kier alpha value is -7.11. The van der Waals surface area contributed by atoms with E-state index in [1.54, 1.807) is 30.9 Å². The zero-order valence-electron chi connectivity index (χ0n) is 32.2. The molecule has 2 fully saturated rings. The number of anilines is 3. The maximum absolute atomic E-state index is 13.3. The number of aromatic nitrogens is 4. The van der Waals surface area contributed by atoms with Crippen LogP contribution in [0.4, 0.5) is 17.2 Å². The molecule has 5 aromatic rings. The van der Waals surface area contributed by atoms with Crippen LogP contribution in [0.25, 0.3) is 16.9 Å². The fourth-order valence-corrected chi connectivity index (χ4v) is 7.65. The van der Waals surface area contributed by atoms with Crippen molar-refractivity contribution in [2.45, 2.75) is 51.1 Å². The number of fused-ring (bicyclic) bond motifs is 2. The second kappa shape index (κ2) is 17.2. The highest BCUT2D eigenvalue weighted by Crippen LogP contribution is 2.32. The summed E-state index contributed by atoms with van der Waals surface area (Å²) in [5.41, 5.74) is 3.89. The number of piperazine rings is 1. The Labute approximate surface area is 338 Å². The highest BCUT2D eigenvalue weighted by molar-refractivity contribution is 6.25. The van der Waals surface area contributed by atoms with Crippen molar-refractivity contribution in [2.24, 2.45) is 0 Å². The number of hydrogen-bond acceptors (Lipinski definition) is 13. The SMILES string of the molecule is O=C(CNc1cccc2c1C(=O)N(C1CCC(=O)NC1=O)C2=O)NCCCCCC(=O)N1CCN(c2ccc(-c3ncc(NCc4ccco4)n4cnnc34)cc2)CC1. The lowest BCUT2D eigenvalue weighted by molar-refractivity contribution is -0.136. The summed E-state index contributed by atoms with van der Waals surface area (Å²) in [6.45, 7) is 3.52. The molecule has 18 nitrogen and oxygen atoms in total. The monoisotopic (exact) mass is 801 g/mol. The summed E-state index contributed by atoms with van der Waals surface area (Å²) in [4.78, 5) is 85.7. The lowest BCUT2D eigenvalue weighted by Gasteiger charge is -2.36. The average Bonchev–Trinajstić information content (AvgIpc) is 4.02. The molecule has 3 aromatic heterocycles. The molecule has 304 valence electrons. The molecule has 2 saturated heterocycles. The molecule has 1 unspecified atom stereocenters. The van der Waals surface area contributed by atoms with Crippen molar-refractivity contribution in [1.29, 1.82) is 0 Å². The van der Waals surface area contributed by atoms with Crippen LogP contribution in [0.1, 0.15) is 65.0 Å². The van der Waals surface area contributed by atoms with Gasteiger partial charge < -0.3 is 30.2 Å². The van der Waals surface area contributed by atoms with Gasteiger partial charge in [-0.15, -0.1) is 10.2 Å². The van der Waals surface area contributed by atoms with Crippen molar-refractivity contribution in [1.82, 2.24) is 40.0 Å². The summed E-state index contributed by atoms with van der Waals surface area (Å²) in [5.74, 6) is -1.00. The standard InChI is InChI=1S/C41H43N11O7/c53-33-15-14-31(39(56)47-33)52-40(57)29-7-4-8-30(36(29)41(52)58)43-24-34(54)42-16-3-1-2-9-35(55)50-19-17-49(18-20-50)27-12-10-26(11-13-27)37-38-48-46-25-51(38)32(23-45-37)44-22-28-6-5-21-59-28/h4-8,10-13,21,23,25,31,43-44H,1-3,9,14-20,22,24H2,(H,42,54)(H,47,53,56). The Kier molecular flexibility index (Phi) is 11.3. The first-order chi connectivity index (χ1) is 28.7. The smallest absolute Gasteiger partial charge is 0.264 e. The van der Waals surface area contributed by atoms with Gasteiger partial charge in [0.25, 0.3) is 11.8 Å². The van der Waals surface area contributed by atoms with Gasteiger partial charge in [0.1, 0.15) is 29.6 Å². The van der Waals surface area contributed by atoms with E-state index in [4.69, 9.17) is 4.42 Å². The summed E-state index contributed by atoms with van der Waals surface area (Å²) in [6.07, 6.45) is 7.74. The van der Waals surface area contributed by atoms with Crippen molar-refractivity contribution in [3.63, 3.8) is 0 Å². The quantitative estimate of drug-likeness (QED) is 0.0886. The van der Waals surface area contributed by atoms with E-state index in [-0.39, 0.29) is 42.3 Å². The summed E-state index contributed by atoms with van der Waals surface area (Å²) < 4.78 is 7.28. The minimum atomic E-state index is -1.07. The van der Waals surface area contributed by atoms with E-state index in [9.17, 15) is 28.8 Å². The van der Waals surface area contributed by atoms with Crippen LogP contribution in [0, 0.1) is 0 Å². The zero-order valence-corrected chi connectivity index (χ0v) is 32.2. The van der Waals surface area contributed by atoms with Crippen LogP contribution in [-0.4, -0.2) is 110 Å². The van der Waals surface area contributed by atoms with E-state index in [0.29, 0.717) is 56.8 Å². The van der Waals surface area contributed by atoms with E-state index >= 15 is 0 Å². The number of unbranched alkanes of at least 4 members (excludes halogenated alkanes) is 2. The van der Waals surface area contributed by atoms with Crippen LogP contribution in [-0.2, 0) is 25.7 Å². The molecule has 8 rings (SSSR count). The minimum absolute atomic E-state index is 0.0274. The van der Waals surface area contributed by atoms with Crippen molar-refractivity contribution in [3.8, 4) is 11.3 Å². The van der Waals surface area contributed by atoms with Crippen molar-refractivity contribution >= 4 is 58.3 Å². The Morgan fingerprint density at radius 3 is 2.51 bits per heavy atom. The largest absolute Gasteiger partial charge is 0.467 e. The zero-order chi connectivity index (χ0) is 40.9. The molecule has 3 aliphatic heterocycles. The van der Waals surface area contributed by atoms with E-state index in [0.717, 1.165) is 52.9 Å². The molecule has 1 atom stereocenters. The first kappa shape index (κ1) is 38.7. The van der Waals surface area contributed by atoms with Crippen LogP contribution >= 0.6 is 0 Å². The number of piperidine rings is 1. The molecule has 0 spiro atoms. The third-order valence-corrected chi connectivity index (χ3v) is 10.8. The minimum Gasteiger partial charge on any atom is -0.467 e. The molecule has 2 aromatic carbocycles. The topological polar surface area (TPSA) is 216 Å². The highest BCUT2D eigenvalue weighted by atomic mass is 16.3. The van der Waals surface area contributed by atoms with E-state index in [2.05, 4.69) is 53.5 Å². The molecule has 0 saturated carbocycles. The number of hydrogen-bond donors (Lipinski definition) is 4. The molecular weight excluding hydrogens is 759 g/mol. The van der Waals surface area contributed by atoms with Crippen LogP contribution in [0.2, 0.25) is 0 Å². The van der Waals surface area contributed by atoms with E-state index < -0.39 is 29.7 Å². The van der Waals surface area contributed by atoms with Gasteiger partial charge in [-0.2, -0.15) is 0 Å². The first-order valence-electron chi connectivity index (χ1n) is 19.7. The Morgan fingerprint density at radius 2 is 1.73 bits per heavy atom. The van der Waals surface area contributed by atoms with E-state index in [1.165, 1.54) is 6.07 Å². The predicted octanol–water partition coefficient (Wildman–Crippen LogP) is 2.83. The Bertz CT molecular complexity index is 2390. The van der Waals surface area contributed by atoms with Crippen LogP contribution in [0.5, 0.6) is 0 Å². The van der Waals surface area contributed by atoms with Gasteiger partial charge in [-0.1, -0.05) is 24.6 Å². The fraction of sp³-hybridized carbons (Fsp3) is 0.341. The summed E-state index contributed by atoms with van der Waals surface area (Å²) in [7, 11) is 0. The molecule has 4 N–H and O–H groups in total. The van der Waals surface area contributed by atoms with Gasteiger partial charge >= 0.3 is 0 Å². The van der Waals surface area contributed by atoms with Gasteiger partial charge in [0.15, 0.2) is 5.65 Å². The van der Waals surface area contributed by atoms with Gasteiger partial charge in [-0.05, 0) is 55.7 Å². The number of imide groups is 2. The second-order valence-corrected chi connectivity index (χ2v) is 14.6. The molecule has 6 amide bonds. The number of rotatable bonds is 15. The van der Waals surface area contributed by atoms with Gasteiger partial charge in [-0.25, -0.2) is 4.98 Å². The first-order valence-corrected chi connectivity index (χ1v) is 19.7. The Balaban J connectivity index is 0.730. The fourth-order valence-electron chi connectivity index (χ4n) is 7.65. The normalized spacial score (nSPS) is 16.7. The molecule has 3 aliphatic rings. The van der Waals surface area contributed by atoms with E-state index in [1.807, 2.05) is 33.6 Å². The van der Waals surface area contributed by atoms with Gasteiger partial charge in [0.05, 0.1) is 36.7 Å². The molecule has 59 heavy (non-hydrogen) atoms. The number of carbonyl (C=O) groups excluding carboxylic acids is 6. The number of furan rings is 1. The average molecular weight is 802 g/mol. The predicted molar refractivity (Wildman–Crippen MR) is 214 cm³/mol. The number of amides is 6. The highest BCUT2D eigenvalue weighted by Gasteiger charge is 2.45. The van der Waals surface area contributed by atoms with Crippen LogP contribution in [0.15, 0.2) is 77.8 Å². The Morgan fingerprint density at radius 1 is 0.898 bits per heavy atom. The van der Waals surface area contributed by atoms with Crippen molar-refractivity contribution in [2.75, 3.05) is 54.8 Å². The van der Waals surface area contributed by atoms with Gasteiger partial charge in [0, 0.05) is 62.5 Å². The molecule has 18 heteroatoms. The third kappa shape index (κ3) is 8.32. The van der Waals surface area contributed by atoms with Crippen molar-refractivity contribution in [3.05, 3.63) is 90.3 Å². The second-order valence-electron chi connectivity index (χ2n) is 14.6. The van der Waals surface area contributed by atoms with Gasteiger partial charge in [-0.3, -0.25) is 43.4 Å². The molecule has 0 aliphatic carbocycles. The van der Waals surface area contributed by atoms with Crippen LogP contribution in [0.3, 0.4) is 0 Å². The molecule has 0 bridgehead atoms. The number of nitrogens with zero attached hydrogens (tertiary/aromatic N) is 7. The lowest BCUT2D eigenvalue weighted by atomic mass is 10.0. The molecular formula is C41H43N11O7. The van der Waals surface area contributed by atoms with Crippen LogP contribution < -0.4 is 26.2 Å². The number of benzene rings is 2. The summed E-state index contributed by atoms with van der Waals surface area (Å²) in [5, 5.41) is 19.7. The molecule has 6 heterocycles. The maximum Gasteiger partial charge on any atom is 0.264 e. The molecule has 0 radical (unpaired) electrons. The summed E-state index contributed by atoms with van der Waals surface area (Å²) >= 11 is 0.